The second kappa shape index (κ2) is 8.52. The third-order valence-electron chi connectivity index (χ3n) is 3.32. The van der Waals surface area contributed by atoms with Gasteiger partial charge in [0.15, 0.2) is 0 Å². The first-order valence-electron chi connectivity index (χ1n) is 7.01. The molecule has 0 bridgehead atoms. The second-order valence-electron chi connectivity index (χ2n) is 5.40. The van der Waals surface area contributed by atoms with Crippen LogP contribution < -0.4 is 0 Å². The molecule has 1 heteroatoms. The van der Waals surface area contributed by atoms with Gasteiger partial charge in [0.1, 0.15) is 0 Å². The molecular weight excluding hydrogens is 206 g/mol. The minimum absolute atomic E-state index is 0.528. The zero-order chi connectivity index (χ0) is 13.4. The van der Waals surface area contributed by atoms with Crippen LogP contribution in [0.1, 0.15) is 60.3 Å². The van der Waals surface area contributed by atoms with E-state index < -0.39 is 0 Å². The molecule has 0 saturated carbocycles. The van der Waals surface area contributed by atoms with Gasteiger partial charge >= 0.3 is 0 Å². The van der Waals surface area contributed by atoms with Crippen molar-refractivity contribution < 1.29 is 0 Å². The molecule has 0 rings (SSSR count). The summed E-state index contributed by atoms with van der Waals surface area (Å²) in [5.41, 5.74) is 1.39. The van der Waals surface area contributed by atoms with E-state index in [0.717, 1.165) is 19.3 Å². The first-order valence-corrected chi connectivity index (χ1v) is 7.01. The lowest BCUT2D eigenvalue weighted by atomic mass is 9.96. The fraction of sp³-hybridized carbons (Fsp3) is 0.750. The van der Waals surface area contributed by atoms with Crippen LogP contribution in [-0.2, 0) is 0 Å². The van der Waals surface area contributed by atoms with Crippen LogP contribution in [-0.4, -0.2) is 23.0 Å². The summed E-state index contributed by atoms with van der Waals surface area (Å²) in [7, 11) is 0. The molecule has 0 heterocycles. The fourth-order valence-electron chi connectivity index (χ4n) is 2.67. The predicted octanol–water partition coefficient (Wildman–Crippen LogP) is 4.80. The Morgan fingerprint density at radius 3 is 2.06 bits per heavy atom. The van der Waals surface area contributed by atoms with Gasteiger partial charge in [0.25, 0.3) is 0 Å². The number of hydrogen-bond acceptors (Lipinski definition) is 1. The maximum Gasteiger partial charge on any atom is 0.0307 e. The SMILES string of the molecule is C=CCCCC(=C)[C@@H](CC)N(C(C)C)C(C)C. The van der Waals surface area contributed by atoms with Crippen LogP contribution in [0.4, 0.5) is 0 Å². The van der Waals surface area contributed by atoms with Crippen molar-refractivity contribution in [2.24, 2.45) is 0 Å². The standard InChI is InChI=1S/C16H31N/c1-8-10-11-12-15(7)16(9-2)17(13(3)4)14(5)6/h8,13-14,16H,1,7,9-12H2,2-6H3/t16-/m1/s1. The highest BCUT2D eigenvalue weighted by molar-refractivity contribution is 5.07. The van der Waals surface area contributed by atoms with Crippen molar-refractivity contribution in [2.45, 2.75) is 78.4 Å². The zero-order valence-corrected chi connectivity index (χ0v) is 12.5. The topological polar surface area (TPSA) is 3.24 Å². The normalized spacial score (nSPS) is 13.4. The van der Waals surface area contributed by atoms with E-state index in [1.165, 1.54) is 12.0 Å². The molecule has 1 atom stereocenters. The molecule has 0 aliphatic carbocycles. The fourth-order valence-corrected chi connectivity index (χ4v) is 2.67. The van der Waals surface area contributed by atoms with E-state index in [1.807, 2.05) is 6.08 Å². The number of unbranched alkanes of at least 4 members (excludes halogenated alkanes) is 1. The van der Waals surface area contributed by atoms with E-state index in [1.54, 1.807) is 0 Å². The molecule has 100 valence electrons. The number of nitrogens with zero attached hydrogens (tertiary/aromatic N) is 1. The average molecular weight is 237 g/mol. The summed E-state index contributed by atoms with van der Waals surface area (Å²) < 4.78 is 0. The van der Waals surface area contributed by atoms with Crippen molar-refractivity contribution >= 4 is 0 Å². The summed E-state index contributed by atoms with van der Waals surface area (Å²) in [6, 6.07) is 1.69. The number of rotatable bonds is 9. The quantitative estimate of drug-likeness (QED) is 0.411. The van der Waals surface area contributed by atoms with Crippen LogP contribution >= 0.6 is 0 Å². The highest BCUT2D eigenvalue weighted by atomic mass is 15.2. The van der Waals surface area contributed by atoms with Crippen LogP contribution in [0.5, 0.6) is 0 Å². The summed E-state index contributed by atoms with van der Waals surface area (Å²) >= 11 is 0. The molecule has 0 saturated heterocycles. The predicted molar refractivity (Wildman–Crippen MR) is 79.4 cm³/mol. The lowest BCUT2D eigenvalue weighted by molar-refractivity contribution is 0.127. The number of hydrogen-bond donors (Lipinski definition) is 0. The van der Waals surface area contributed by atoms with Crippen LogP contribution in [0.3, 0.4) is 0 Å². The van der Waals surface area contributed by atoms with Crippen molar-refractivity contribution in [3.05, 3.63) is 24.8 Å². The van der Waals surface area contributed by atoms with Gasteiger partial charge in [-0.3, -0.25) is 4.90 Å². The average Bonchev–Trinajstić information content (AvgIpc) is 2.24. The van der Waals surface area contributed by atoms with Crippen LogP contribution in [0.2, 0.25) is 0 Å². The summed E-state index contributed by atoms with van der Waals surface area (Å²) in [6.07, 6.45) is 6.56. The zero-order valence-electron chi connectivity index (χ0n) is 12.5. The molecule has 0 aliphatic rings. The summed E-state index contributed by atoms with van der Waals surface area (Å²) in [5.74, 6) is 0. The van der Waals surface area contributed by atoms with Crippen molar-refractivity contribution in [1.82, 2.24) is 4.90 Å². The Kier molecular flexibility index (Phi) is 8.24. The molecule has 1 nitrogen and oxygen atoms in total. The maximum absolute atomic E-state index is 4.31. The van der Waals surface area contributed by atoms with E-state index in [0.29, 0.717) is 18.1 Å². The van der Waals surface area contributed by atoms with E-state index in [2.05, 4.69) is 52.7 Å². The summed E-state index contributed by atoms with van der Waals surface area (Å²) in [6.45, 7) is 19.5. The maximum atomic E-state index is 4.31. The molecule has 0 N–H and O–H groups in total. The van der Waals surface area contributed by atoms with E-state index >= 15 is 0 Å². The van der Waals surface area contributed by atoms with Crippen molar-refractivity contribution in [3.8, 4) is 0 Å². The Morgan fingerprint density at radius 1 is 1.18 bits per heavy atom. The molecule has 0 aromatic heterocycles. The lowest BCUT2D eigenvalue weighted by Crippen LogP contribution is -2.45. The Labute approximate surface area is 109 Å². The Morgan fingerprint density at radius 2 is 1.71 bits per heavy atom. The first kappa shape index (κ1) is 16.4. The smallest absolute Gasteiger partial charge is 0.0307 e. The molecule has 0 amide bonds. The minimum Gasteiger partial charge on any atom is -0.292 e. The van der Waals surface area contributed by atoms with Gasteiger partial charge in [0.2, 0.25) is 0 Å². The Hall–Kier alpha value is -0.560. The summed E-state index contributed by atoms with van der Waals surface area (Å²) in [5, 5.41) is 0. The molecule has 0 aromatic carbocycles. The molecular formula is C16H31N. The van der Waals surface area contributed by atoms with Gasteiger partial charge in [0, 0.05) is 18.1 Å². The van der Waals surface area contributed by atoms with E-state index in [4.69, 9.17) is 0 Å². The van der Waals surface area contributed by atoms with Gasteiger partial charge in [-0.1, -0.05) is 25.2 Å². The van der Waals surface area contributed by atoms with Gasteiger partial charge in [-0.2, -0.15) is 0 Å². The van der Waals surface area contributed by atoms with Crippen molar-refractivity contribution in [1.29, 1.82) is 0 Å². The van der Waals surface area contributed by atoms with Gasteiger partial charge in [-0.25, -0.2) is 0 Å². The monoisotopic (exact) mass is 237 g/mol. The molecule has 0 aliphatic heterocycles. The van der Waals surface area contributed by atoms with Gasteiger partial charge in [-0.15, -0.1) is 6.58 Å². The van der Waals surface area contributed by atoms with Gasteiger partial charge in [-0.05, 0) is 53.4 Å². The van der Waals surface area contributed by atoms with Crippen molar-refractivity contribution in [2.75, 3.05) is 0 Å². The molecule has 0 radical (unpaired) electrons. The van der Waals surface area contributed by atoms with Gasteiger partial charge in [0.05, 0.1) is 0 Å². The Balaban J connectivity index is 4.55. The van der Waals surface area contributed by atoms with Crippen LogP contribution in [0.15, 0.2) is 24.8 Å². The third-order valence-corrected chi connectivity index (χ3v) is 3.32. The first-order chi connectivity index (χ1) is 7.95. The molecule has 0 fully saturated rings. The lowest BCUT2D eigenvalue weighted by Gasteiger charge is -2.39. The third kappa shape index (κ3) is 5.54. The molecule has 0 spiro atoms. The van der Waals surface area contributed by atoms with Crippen LogP contribution in [0.25, 0.3) is 0 Å². The molecule has 0 unspecified atom stereocenters. The van der Waals surface area contributed by atoms with Crippen LogP contribution in [0, 0.1) is 0 Å². The van der Waals surface area contributed by atoms with Crippen molar-refractivity contribution in [3.63, 3.8) is 0 Å². The summed E-state index contributed by atoms with van der Waals surface area (Å²) in [4.78, 5) is 2.58. The minimum atomic E-state index is 0.528. The highest BCUT2D eigenvalue weighted by Crippen LogP contribution is 2.22. The largest absolute Gasteiger partial charge is 0.292 e. The van der Waals surface area contributed by atoms with E-state index in [-0.39, 0.29) is 0 Å². The number of allylic oxidation sites excluding steroid dienone is 1. The van der Waals surface area contributed by atoms with E-state index in [9.17, 15) is 0 Å². The molecule has 17 heavy (non-hydrogen) atoms. The highest BCUT2D eigenvalue weighted by Gasteiger charge is 2.24. The Bertz CT molecular complexity index is 220. The molecule has 0 aromatic rings. The van der Waals surface area contributed by atoms with Gasteiger partial charge < -0.3 is 0 Å². The second-order valence-corrected chi connectivity index (χ2v) is 5.40.